The van der Waals surface area contributed by atoms with E-state index in [4.69, 9.17) is 0 Å². The van der Waals surface area contributed by atoms with Gasteiger partial charge in [-0.1, -0.05) is 32.3 Å². The van der Waals surface area contributed by atoms with E-state index in [9.17, 15) is 0 Å². The molecule has 1 aromatic heterocycles. The van der Waals surface area contributed by atoms with Gasteiger partial charge in [0.05, 0.1) is 0 Å². The minimum Gasteiger partial charge on any atom is -0.310 e. The molecule has 1 aliphatic heterocycles. The summed E-state index contributed by atoms with van der Waals surface area (Å²) in [7, 11) is 0. The molecule has 1 aliphatic carbocycles. The molecule has 2 heteroatoms. The summed E-state index contributed by atoms with van der Waals surface area (Å²) in [6, 6.07) is 4.94. The van der Waals surface area contributed by atoms with Gasteiger partial charge in [-0.3, -0.25) is 4.98 Å². The first-order valence-electron chi connectivity index (χ1n) is 7.50. The van der Waals surface area contributed by atoms with Crippen molar-refractivity contribution in [2.45, 2.75) is 51.5 Å². The highest BCUT2D eigenvalue weighted by Gasteiger charge is 2.26. The van der Waals surface area contributed by atoms with E-state index >= 15 is 0 Å². The Balaban J connectivity index is 1.92. The van der Waals surface area contributed by atoms with Crippen LogP contribution in [0.5, 0.6) is 0 Å². The summed E-state index contributed by atoms with van der Waals surface area (Å²) in [5, 5.41) is 3.70. The Labute approximate surface area is 110 Å². The quantitative estimate of drug-likeness (QED) is 0.755. The minimum atomic E-state index is 0.553. The fourth-order valence-corrected chi connectivity index (χ4v) is 3.62. The SMILES string of the molecule is CC1CCCC2CCNC(C2)c2cccnc2C1. The van der Waals surface area contributed by atoms with Crippen LogP contribution < -0.4 is 5.32 Å². The van der Waals surface area contributed by atoms with Crippen LogP contribution >= 0.6 is 0 Å². The summed E-state index contributed by atoms with van der Waals surface area (Å²) in [5.41, 5.74) is 2.81. The van der Waals surface area contributed by atoms with Crippen LogP contribution in [0.1, 0.15) is 56.3 Å². The van der Waals surface area contributed by atoms with Gasteiger partial charge in [-0.2, -0.15) is 0 Å². The summed E-state index contributed by atoms with van der Waals surface area (Å²) in [4.78, 5) is 4.65. The molecule has 0 spiro atoms. The Bertz CT molecular complexity index is 402. The van der Waals surface area contributed by atoms with E-state index in [-0.39, 0.29) is 0 Å². The van der Waals surface area contributed by atoms with E-state index in [0.717, 1.165) is 18.3 Å². The molecule has 1 fully saturated rings. The summed E-state index contributed by atoms with van der Waals surface area (Å²) in [6.07, 6.45) is 9.98. The van der Waals surface area contributed by atoms with Gasteiger partial charge in [0.15, 0.2) is 0 Å². The molecule has 0 aromatic carbocycles. The molecule has 0 amide bonds. The molecule has 1 saturated heterocycles. The maximum absolute atomic E-state index is 4.65. The van der Waals surface area contributed by atoms with Gasteiger partial charge in [0.1, 0.15) is 0 Å². The van der Waals surface area contributed by atoms with Gasteiger partial charge in [0, 0.05) is 17.9 Å². The maximum atomic E-state index is 4.65. The first-order valence-corrected chi connectivity index (χ1v) is 7.50. The molecule has 2 aliphatic rings. The van der Waals surface area contributed by atoms with E-state index in [1.807, 2.05) is 6.20 Å². The van der Waals surface area contributed by atoms with Crippen LogP contribution in [0.25, 0.3) is 0 Å². The number of hydrogen-bond acceptors (Lipinski definition) is 2. The summed E-state index contributed by atoms with van der Waals surface area (Å²) in [5.74, 6) is 1.70. The van der Waals surface area contributed by atoms with E-state index in [2.05, 4.69) is 29.4 Å². The zero-order valence-corrected chi connectivity index (χ0v) is 11.4. The third kappa shape index (κ3) is 2.59. The lowest BCUT2D eigenvalue weighted by Gasteiger charge is -2.33. The second-order valence-corrected chi connectivity index (χ2v) is 6.18. The second-order valence-electron chi connectivity index (χ2n) is 6.18. The Morgan fingerprint density at radius 1 is 1.28 bits per heavy atom. The molecule has 0 saturated carbocycles. The Hall–Kier alpha value is -0.890. The van der Waals surface area contributed by atoms with E-state index in [0.29, 0.717) is 6.04 Å². The highest BCUT2D eigenvalue weighted by Crippen LogP contribution is 2.34. The highest BCUT2D eigenvalue weighted by molar-refractivity contribution is 5.25. The average Bonchev–Trinajstić information content (AvgIpc) is 2.39. The molecule has 1 N–H and O–H groups in total. The standard InChI is InChI=1S/C16H24N2/c1-12-4-2-5-13-7-9-18-16(11-13)14-6-3-8-17-15(14)10-12/h3,6,8,12-13,16,18H,2,4-5,7,9-11H2,1H3. The molecule has 3 unspecified atom stereocenters. The zero-order valence-electron chi connectivity index (χ0n) is 11.4. The van der Waals surface area contributed by atoms with Crippen molar-refractivity contribution in [2.24, 2.45) is 11.8 Å². The molecule has 98 valence electrons. The first kappa shape index (κ1) is 12.2. The van der Waals surface area contributed by atoms with Gasteiger partial charge in [-0.25, -0.2) is 0 Å². The molecule has 2 heterocycles. The van der Waals surface area contributed by atoms with Crippen molar-refractivity contribution in [3.8, 4) is 0 Å². The van der Waals surface area contributed by atoms with Crippen molar-refractivity contribution in [1.82, 2.24) is 10.3 Å². The zero-order chi connectivity index (χ0) is 12.4. The molecule has 18 heavy (non-hydrogen) atoms. The van der Waals surface area contributed by atoms with Gasteiger partial charge < -0.3 is 5.32 Å². The second kappa shape index (κ2) is 5.40. The largest absolute Gasteiger partial charge is 0.310 e. The minimum absolute atomic E-state index is 0.553. The molecule has 3 rings (SSSR count). The van der Waals surface area contributed by atoms with E-state index in [1.165, 1.54) is 49.9 Å². The fourth-order valence-electron chi connectivity index (χ4n) is 3.62. The maximum Gasteiger partial charge on any atom is 0.0454 e. The number of hydrogen-bond donors (Lipinski definition) is 1. The lowest BCUT2D eigenvalue weighted by molar-refractivity contribution is 0.273. The van der Waals surface area contributed by atoms with Gasteiger partial charge in [-0.15, -0.1) is 0 Å². The van der Waals surface area contributed by atoms with Crippen LogP contribution in [0.2, 0.25) is 0 Å². The number of piperidine rings is 1. The smallest absolute Gasteiger partial charge is 0.0454 e. The molecule has 0 radical (unpaired) electrons. The van der Waals surface area contributed by atoms with Crippen LogP contribution in [-0.2, 0) is 6.42 Å². The number of pyridine rings is 1. The first-order chi connectivity index (χ1) is 8.83. The number of rotatable bonds is 0. The van der Waals surface area contributed by atoms with Crippen molar-refractivity contribution in [1.29, 1.82) is 0 Å². The van der Waals surface area contributed by atoms with Gasteiger partial charge >= 0.3 is 0 Å². The van der Waals surface area contributed by atoms with Crippen LogP contribution in [0.15, 0.2) is 18.3 Å². The van der Waals surface area contributed by atoms with Gasteiger partial charge in [0.25, 0.3) is 0 Å². The predicted molar refractivity (Wildman–Crippen MR) is 74.4 cm³/mol. The third-order valence-electron chi connectivity index (χ3n) is 4.66. The molecule has 2 bridgehead atoms. The van der Waals surface area contributed by atoms with E-state index < -0.39 is 0 Å². The van der Waals surface area contributed by atoms with Crippen molar-refractivity contribution in [3.63, 3.8) is 0 Å². The molecule has 2 nitrogen and oxygen atoms in total. The monoisotopic (exact) mass is 244 g/mol. The molecular formula is C16H24N2. The van der Waals surface area contributed by atoms with Crippen LogP contribution in [-0.4, -0.2) is 11.5 Å². The Kier molecular flexibility index (Phi) is 3.64. The van der Waals surface area contributed by atoms with Crippen LogP contribution in [0.4, 0.5) is 0 Å². The van der Waals surface area contributed by atoms with Gasteiger partial charge in [-0.05, 0) is 49.3 Å². The highest BCUT2D eigenvalue weighted by atomic mass is 14.9. The lowest BCUT2D eigenvalue weighted by Crippen LogP contribution is -2.33. The van der Waals surface area contributed by atoms with Crippen molar-refractivity contribution in [3.05, 3.63) is 29.6 Å². The molecule has 3 atom stereocenters. The number of nitrogens with zero attached hydrogens (tertiary/aromatic N) is 1. The number of nitrogens with one attached hydrogen (secondary N) is 1. The Morgan fingerprint density at radius 2 is 2.22 bits per heavy atom. The fraction of sp³-hybridized carbons (Fsp3) is 0.688. The van der Waals surface area contributed by atoms with E-state index in [1.54, 1.807) is 0 Å². The average molecular weight is 244 g/mol. The Morgan fingerprint density at radius 3 is 3.17 bits per heavy atom. The van der Waals surface area contributed by atoms with Crippen molar-refractivity contribution >= 4 is 0 Å². The van der Waals surface area contributed by atoms with Crippen LogP contribution in [0.3, 0.4) is 0 Å². The lowest BCUT2D eigenvalue weighted by atomic mass is 9.81. The van der Waals surface area contributed by atoms with Crippen molar-refractivity contribution < 1.29 is 0 Å². The predicted octanol–water partition coefficient (Wildman–Crippen LogP) is 3.48. The summed E-state index contributed by atoms with van der Waals surface area (Å²) >= 11 is 0. The number of aromatic nitrogens is 1. The molecule has 1 aromatic rings. The summed E-state index contributed by atoms with van der Waals surface area (Å²) in [6.45, 7) is 3.56. The summed E-state index contributed by atoms with van der Waals surface area (Å²) < 4.78 is 0. The third-order valence-corrected chi connectivity index (χ3v) is 4.66. The van der Waals surface area contributed by atoms with Crippen LogP contribution in [0, 0.1) is 11.8 Å². The number of fused-ring (bicyclic) bond motifs is 4. The normalized spacial score (nSPS) is 32.6. The topological polar surface area (TPSA) is 24.9 Å². The van der Waals surface area contributed by atoms with Gasteiger partial charge in [0.2, 0.25) is 0 Å². The van der Waals surface area contributed by atoms with Crippen molar-refractivity contribution in [2.75, 3.05) is 6.54 Å². The molecular weight excluding hydrogens is 220 g/mol.